The molecule has 0 bridgehead atoms. The maximum absolute atomic E-state index is 13.9. The predicted octanol–water partition coefficient (Wildman–Crippen LogP) is 4.20. The van der Waals surface area contributed by atoms with Gasteiger partial charge in [-0.3, -0.25) is 0 Å². The summed E-state index contributed by atoms with van der Waals surface area (Å²) < 4.78 is 27.5. The van der Waals surface area contributed by atoms with Crippen LogP contribution in [-0.2, 0) is 0 Å². The molecule has 1 aliphatic heterocycles. The highest BCUT2D eigenvalue weighted by Crippen LogP contribution is 2.25. The molecule has 0 aliphatic carbocycles. The second-order valence-electron chi connectivity index (χ2n) is 6.22. The molecule has 0 saturated carbocycles. The number of anilines is 1. The number of likely N-dealkylation sites (tertiary alicyclic amines) is 1. The van der Waals surface area contributed by atoms with Gasteiger partial charge in [0.25, 0.3) is 0 Å². The fraction of sp³-hybridized carbons (Fsp3) is 0.647. The third-order valence-corrected chi connectivity index (χ3v) is 4.42. The topological polar surface area (TPSA) is 15.3 Å². The van der Waals surface area contributed by atoms with Gasteiger partial charge in [-0.05, 0) is 63.7 Å². The number of rotatable bonds is 5. The van der Waals surface area contributed by atoms with Gasteiger partial charge in [0.1, 0.15) is 11.6 Å². The number of piperidine rings is 1. The first-order valence-corrected chi connectivity index (χ1v) is 7.95. The van der Waals surface area contributed by atoms with Crippen LogP contribution in [0.2, 0.25) is 0 Å². The van der Waals surface area contributed by atoms with E-state index in [1.165, 1.54) is 18.6 Å². The van der Waals surface area contributed by atoms with Crippen LogP contribution in [0.1, 0.15) is 38.7 Å². The van der Waals surface area contributed by atoms with Crippen LogP contribution in [0.5, 0.6) is 0 Å². The Hall–Kier alpha value is -1.16. The van der Waals surface area contributed by atoms with Gasteiger partial charge in [-0.2, -0.15) is 0 Å². The van der Waals surface area contributed by atoms with Crippen molar-refractivity contribution in [3.8, 4) is 0 Å². The third kappa shape index (κ3) is 4.16. The summed E-state index contributed by atoms with van der Waals surface area (Å²) in [6, 6.07) is 2.67. The predicted molar refractivity (Wildman–Crippen MR) is 83.6 cm³/mol. The van der Waals surface area contributed by atoms with Crippen LogP contribution in [0.15, 0.2) is 12.1 Å². The van der Waals surface area contributed by atoms with Gasteiger partial charge in [0.15, 0.2) is 0 Å². The second kappa shape index (κ2) is 7.21. The summed E-state index contributed by atoms with van der Waals surface area (Å²) in [5.74, 6) is -0.251. The summed E-state index contributed by atoms with van der Waals surface area (Å²) in [5.41, 5.74) is 0.621. The van der Waals surface area contributed by atoms with Gasteiger partial charge in [0.2, 0.25) is 0 Å². The van der Waals surface area contributed by atoms with Crippen LogP contribution in [0.3, 0.4) is 0 Å². The first-order valence-electron chi connectivity index (χ1n) is 7.95. The van der Waals surface area contributed by atoms with Gasteiger partial charge in [0, 0.05) is 18.7 Å². The maximum Gasteiger partial charge on any atom is 0.146 e. The second-order valence-corrected chi connectivity index (χ2v) is 6.22. The lowest BCUT2D eigenvalue weighted by Gasteiger charge is -2.36. The number of hydrogen-bond acceptors (Lipinski definition) is 2. The molecule has 0 radical (unpaired) electrons. The van der Waals surface area contributed by atoms with E-state index in [-0.39, 0.29) is 23.4 Å². The maximum atomic E-state index is 13.9. The molecular formula is C17H26F2N2. The standard InChI is InChI=1S/C17H26F2N2/c1-4-7-21-8-5-6-14(11-21)13(3)20-17-10-15(18)12(2)9-16(17)19/h9-10,13-14,20H,4-8,11H2,1-3H3. The smallest absolute Gasteiger partial charge is 0.146 e. The fourth-order valence-corrected chi connectivity index (χ4v) is 3.14. The summed E-state index contributed by atoms with van der Waals surface area (Å²) in [5, 5.41) is 3.17. The molecule has 1 saturated heterocycles. The molecule has 1 heterocycles. The van der Waals surface area contributed by atoms with E-state index in [1.807, 2.05) is 0 Å². The summed E-state index contributed by atoms with van der Waals surface area (Å²) in [4.78, 5) is 2.47. The number of nitrogens with one attached hydrogen (secondary N) is 1. The molecule has 21 heavy (non-hydrogen) atoms. The van der Waals surface area contributed by atoms with Crippen molar-refractivity contribution < 1.29 is 8.78 Å². The minimum atomic E-state index is -0.373. The zero-order chi connectivity index (χ0) is 15.4. The number of halogens is 2. The van der Waals surface area contributed by atoms with E-state index in [4.69, 9.17) is 0 Å². The molecule has 0 amide bonds. The summed E-state index contributed by atoms with van der Waals surface area (Å²) >= 11 is 0. The SMILES string of the molecule is CCCN1CCCC(C(C)Nc2cc(F)c(C)cc2F)C1. The van der Waals surface area contributed by atoms with Crippen LogP contribution in [0, 0.1) is 24.5 Å². The molecule has 1 fully saturated rings. The molecular weight excluding hydrogens is 270 g/mol. The highest BCUT2D eigenvalue weighted by atomic mass is 19.1. The Labute approximate surface area is 126 Å². The van der Waals surface area contributed by atoms with Gasteiger partial charge in [-0.1, -0.05) is 6.92 Å². The molecule has 2 atom stereocenters. The van der Waals surface area contributed by atoms with Crippen molar-refractivity contribution in [1.82, 2.24) is 4.90 Å². The summed E-state index contributed by atoms with van der Waals surface area (Å²) in [7, 11) is 0. The highest BCUT2D eigenvalue weighted by molar-refractivity contribution is 5.47. The zero-order valence-corrected chi connectivity index (χ0v) is 13.3. The van der Waals surface area contributed by atoms with E-state index >= 15 is 0 Å². The highest BCUT2D eigenvalue weighted by Gasteiger charge is 2.24. The lowest BCUT2D eigenvalue weighted by molar-refractivity contribution is 0.165. The van der Waals surface area contributed by atoms with Crippen LogP contribution in [-0.4, -0.2) is 30.6 Å². The van der Waals surface area contributed by atoms with Gasteiger partial charge in [-0.15, -0.1) is 0 Å². The van der Waals surface area contributed by atoms with Crippen molar-refractivity contribution in [1.29, 1.82) is 0 Å². The van der Waals surface area contributed by atoms with Crippen LogP contribution < -0.4 is 5.32 Å². The molecule has 2 rings (SSSR count). The van der Waals surface area contributed by atoms with E-state index in [1.54, 1.807) is 6.92 Å². The van der Waals surface area contributed by atoms with Crippen molar-refractivity contribution in [2.45, 2.75) is 46.1 Å². The molecule has 0 spiro atoms. The normalized spacial score (nSPS) is 21.3. The average molecular weight is 296 g/mol. The van der Waals surface area contributed by atoms with E-state index in [0.717, 1.165) is 32.5 Å². The van der Waals surface area contributed by atoms with E-state index in [0.29, 0.717) is 11.5 Å². The lowest BCUT2D eigenvalue weighted by Crippen LogP contribution is -2.42. The molecule has 1 aromatic carbocycles. The Morgan fingerprint density at radius 2 is 2.10 bits per heavy atom. The molecule has 2 nitrogen and oxygen atoms in total. The number of nitrogens with zero attached hydrogens (tertiary/aromatic N) is 1. The van der Waals surface area contributed by atoms with E-state index in [9.17, 15) is 8.78 Å². The van der Waals surface area contributed by atoms with Crippen molar-refractivity contribution in [2.75, 3.05) is 25.0 Å². The largest absolute Gasteiger partial charge is 0.380 e. The quantitative estimate of drug-likeness (QED) is 0.876. The lowest BCUT2D eigenvalue weighted by atomic mass is 9.91. The Morgan fingerprint density at radius 3 is 2.81 bits per heavy atom. The molecule has 2 unspecified atom stereocenters. The molecule has 1 aromatic rings. The number of aryl methyl sites for hydroxylation is 1. The number of hydrogen-bond donors (Lipinski definition) is 1. The minimum absolute atomic E-state index is 0.140. The van der Waals surface area contributed by atoms with Crippen molar-refractivity contribution in [2.24, 2.45) is 5.92 Å². The Balaban J connectivity index is 2.00. The van der Waals surface area contributed by atoms with Crippen LogP contribution >= 0.6 is 0 Å². The van der Waals surface area contributed by atoms with Crippen LogP contribution in [0.25, 0.3) is 0 Å². The first-order chi connectivity index (χ1) is 10.0. The van der Waals surface area contributed by atoms with Gasteiger partial charge < -0.3 is 10.2 Å². The number of benzene rings is 1. The third-order valence-electron chi connectivity index (χ3n) is 4.42. The van der Waals surface area contributed by atoms with Gasteiger partial charge in [-0.25, -0.2) is 8.78 Å². The molecule has 118 valence electrons. The van der Waals surface area contributed by atoms with E-state index < -0.39 is 0 Å². The zero-order valence-electron chi connectivity index (χ0n) is 13.3. The summed E-state index contributed by atoms with van der Waals surface area (Å²) in [6.45, 7) is 9.15. The first kappa shape index (κ1) is 16.2. The molecule has 1 N–H and O–H groups in total. The average Bonchev–Trinajstić information content (AvgIpc) is 2.45. The Bertz CT molecular complexity index is 474. The molecule has 1 aliphatic rings. The van der Waals surface area contributed by atoms with Gasteiger partial charge >= 0.3 is 0 Å². The van der Waals surface area contributed by atoms with Crippen LogP contribution in [0.4, 0.5) is 14.5 Å². The van der Waals surface area contributed by atoms with Gasteiger partial charge in [0.05, 0.1) is 5.69 Å². The monoisotopic (exact) mass is 296 g/mol. The van der Waals surface area contributed by atoms with E-state index in [2.05, 4.69) is 24.1 Å². The fourth-order valence-electron chi connectivity index (χ4n) is 3.14. The van der Waals surface area contributed by atoms with Crippen molar-refractivity contribution >= 4 is 5.69 Å². The van der Waals surface area contributed by atoms with Crippen molar-refractivity contribution in [3.05, 3.63) is 29.3 Å². The Kier molecular flexibility index (Phi) is 5.57. The summed E-state index contributed by atoms with van der Waals surface area (Å²) in [6.07, 6.45) is 3.48. The molecule has 0 aromatic heterocycles. The minimum Gasteiger partial charge on any atom is -0.380 e. The molecule has 4 heteroatoms. The van der Waals surface area contributed by atoms with Crippen molar-refractivity contribution in [3.63, 3.8) is 0 Å². The Morgan fingerprint density at radius 1 is 1.33 bits per heavy atom.